The Hall–Kier alpha value is -3.90. The van der Waals surface area contributed by atoms with Gasteiger partial charge in [-0.3, -0.25) is 9.59 Å². The lowest BCUT2D eigenvalue weighted by Gasteiger charge is -2.39. The number of primary amides is 1. The van der Waals surface area contributed by atoms with Gasteiger partial charge >= 0.3 is 5.97 Å². The number of halogens is 1. The van der Waals surface area contributed by atoms with E-state index >= 15 is 0 Å². The second-order valence-corrected chi connectivity index (χ2v) is 9.98. The maximum absolute atomic E-state index is 13.6. The van der Waals surface area contributed by atoms with E-state index in [0.29, 0.717) is 41.3 Å². The van der Waals surface area contributed by atoms with E-state index in [1.807, 2.05) is 0 Å². The van der Waals surface area contributed by atoms with Gasteiger partial charge in [0.25, 0.3) is 5.91 Å². The third kappa shape index (κ3) is 4.96. The summed E-state index contributed by atoms with van der Waals surface area (Å²) >= 11 is 0. The number of aromatic amines is 1. The molecule has 38 heavy (non-hydrogen) atoms. The van der Waals surface area contributed by atoms with Crippen LogP contribution in [0.15, 0.2) is 36.5 Å². The number of anilines is 1. The molecule has 1 amide bonds. The van der Waals surface area contributed by atoms with Gasteiger partial charge in [0.05, 0.1) is 30.3 Å². The zero-order valence-corrected chi connectivity index (χ0v) is 20.9. The average Bonchev–Trinajstić information content (AvgIpc) is 3.35. The third-order valence-corrected chi connectivity index (χ3v) is 6.99. The summed E-state index contributed by atoms with van der Waals surface area (Å²) in [6, 6.07) is 7.52. The number of hydrogen-bond acceptors (Lipinski definition) is 9. The van der Waals surface area contributed by atoms with Crippen molar-refractivity contribution in [2.75, 3.05) is 18.9 Å². The van der Waals surface area contributed by atoms with Gasteiger partial charge in [-0.25, -0.2) is 19.3 Å². The Balaban J connectivity index is 1.37. The first-order valence-electron chi connectivity index (χ1n) is 12.4. The van der Waals surface area contributed by atoms with E-state index in [0.717, 1.165) is 19.3 Å². The molecule has 1 saturated carbocycles. The first-order valence-corrected chi connectivity index (χ1v) is 12.4. The van der Waals surface area contributed by atoms with Crippen molar-refractivity contribution in [3.05, 3.63) is 48.2 Å². The van der Waals surface area contributed by atoms with Crippen molar-refractivity contribution in [2.24, 2.45) is 11.1 Å². The fourth-order valence-corrected chi connectivity index (χ4v) is 4.73. The predicted octanol–water partition coefficient (Wildman–Crippen LogP) is 3.04. The number of ether oxygens (including phenoxy) is 3. The molecule has 5 N–H and O–H groups in total. The molecule has 0 unspecified atom stereocenters. The van der Waals surface area contributed by atoms with Crippen LogP contribution >= 0.6 is 0 Å². The molecule has 5 rings (SSSR count). The van der Waals surface area contributed by atoms with Gasteiger partial charge < -0.3 is 30.7 Å². The number of H-pyrrole nitrogens is 1. The molecule has 0 atom stereocenters. The van der Waals surface area contributed by atoms with E-state index < -0.39 is 29.2 Å². The molecule has 1 aliphatic heterocycles. The molecule has 200 valence electrons. The molecule has 12 heteroatoms. The number of nitrogen functional groups attached to an aromatic ring is 1. The molecule has 3 aromatic rings. The Kier molecular flexibility index (Phi) is 6.84. The minimum atomic E-state index is -1.30. The molecule has 2 aromatic heterocycles. The van der Waals surface area contributed by atoms with E-state index in [9.17, 15) is 14.0 Å². The number of nitrogens with one attached hydrogen (secondary N) is 1. The Bertz CT molecular complexity index is 1330. The lowest BCUT2D eigenvalue weighted by Crippen LogP contribution is -2.53. The lowest BCUT2D eigenvalue weighted by atomic mass is 9.83. The number of aromatic nitrogens is 4. The second kappa shape index (κ2) is 10.1. The molecule has 1 aliphatic carbocycles. The standard InChI is InChI=1S/C26H29FN6O5/c1-25(23(35)38-26(22(28)34)10-3-2-4-11-26)13-36-21(37-14-25)20-32-18(15-5-7-16(27)8-6-15)19(33-20)17-9-12-30-24(29)31-17/h5-9,12,21H,2-4,10-11,13-14H2,1H3,(H2,28,34)(H,32,33)(H2,29,30,31). The highest BCUT2D eigenvalue weighted by atomic mass is 19.1. The fourth-order valence-electron chi connectivity index (χ4n) is 4.73. The summed E-state index contributed by atoms with van der Waals surface area (Å²) in [5.74, 6) is -1.21. The molecule has 1 saturated heterocycles. The van der Waals surface area contributed by atoms with Crippen LogP contribution in [0.4, 0.5) is 10.3 Å². The molecule has 11 nitrogen and oxygen atoms in total. The van der Waals surface area contributed by atoms with Crippen molar-refractivity contribution in [3.63, 3.8) is 0 Å². The quantitative estimate of drug-likeness (QED) is 0.410. The number of amides is 1. The number of rotatable bonds is 6. The predicted molar refractivity (Wildman–Crippen MR) is 133 cm³/mol. The number of hydrogen-bond donors (Lipinski definition) is 3. The van der Waals surface area contributed by atoms with Crippen LogP contribution < -0.4 is 11.5 Å². The summed E-state index contributed by atoms with van der Waals surface area (Å²) in [5, 5.41) is 0. The summed E-state index contributed by atoms with van der Waals surface area (Å²) in [6.45, 7) is 1.59. The number of imidazole rings is 1. The molecule has 3 heterocycles. The van der Waals surface area contributed by atoms with Crippen LogP contribution in [-0.2, 0) is 23.8 Å². The van der Waals surface area contributed by atoms with Crippen molar-refractivity contribution in [2.45, 2.75) is 50.9 Å². The molecule has 0 radical (unpaired) electrons. The van der Waals surface area contributed by atoms with Gasteiger partial charge in [-0.1, -0.05) is 6.42 Å². The highest BCUT2D eigenvalue weighted by Gasteiger charge is 2.48. The van der Waals surface area contributed by atoms with Crippen molar-refractivity contribution in [3.8, 4) is 22.6 Å². The van der Waals surface area contributed by atoms with E-state index in [1.165, 1.54) is 18.3 Å². The topological polar surface area (TPSA) is 168 Å². The number of benzene rings is 1. The van der Waals surface area contributed by atoms with Gasteiger partial charge in [0, 0.05) is 11.8 Å². The number of carbonyl (C=O) groups is 2. The zero-order valence-electron chi connectivity index (χ0n) is 20.9. The largest absolute Gasteiger partial charge is 0.448 e. The monoisotopic (exact) mass is 524 g/mol. The van der Waals surface area contributed by atoms with Crippen molar-refractivity contribution in [1.29, 1.82) is 0 Å². The number of esters is 1. The molecule has 0 bridgehead atoms. The minimum absolute atomic E-state index is 0.0340. The van der Waals surface area contributed by atoms with Crippen LogP contribution in [0, 0.1) is 11.2 Å². The smallest absolute Gasteiger partial charge is 0.317 e. The summed E-state index contributed by atoms with van der Waals surface area (Å²) in [6.07, 6.45) is 3.89. The number of nitrogens with two attached hydrogens (primary N) is 2. The third-order valence-electron chi connectivity index (χ3n) is 6.99. The summed E-state index contributed by atoms with van der Waals surface area (Å²) < 4.78 is 31.1. The maximum atomic E-state index is 13.6. The van der Waals surface area contributed by atoms with Crippen LogP contribution in [0.25, 0.3) is 22.6 Å². The molecular formula is C26H29FN6O5. The molecule has 2 fully saturated rings. The van der Waals surface area contributed by atoms with Gasteiger partial charge in [-0.2, -0.15) is 0 Å². The van der Waals surface area contributed by atoms with Crippen LogP contribution in [0.5, 0.6) is 0 Å². The SMILES string of the molecule is CC1(C(=O)OC2(C(N)=O)CCCCC2)COC(c2nc(-c3ccc(F)cc3)c(-c3ccnc(N)n3)[nH]2)OC1. The van der Waals surface area contributed by atoms with Crippen molar-refractivity contribution in [1.82, 2.24) is 19.9 Å². The van der Waals surface area contributed by atoms with Gasteiger partial charge in [-0.15, -0.1) is 0 Å². The van der Waals surface area contributed by atoms with E-state index in [1.54, 1.807) is 25.1 Å². The summed E-state index contributed by atoms with van der Waals surface area (Å²) in [5.41, 5.74) is 11.1. The van der Waals surface area contributed by atoms with E-state index in [-0.39, 0.29) is 25.0 Å². The first-order chi connectivity index (χ1) is 18.2. The molecular weight excluding hydrogens is 495 g/mol. The molecule has 2 aliphatic rings. The van der Waals surface area contributed by atoms with Crippen molar-refractivity contribution >= 4 is 17.8 Å². The Labute approximate surface area is 218 Å². The van der Waals surface area contributed by atoms with Gasteiger partial charge in [0.15, 0.2) is 11.4 Å². The van der Waals surface area contributed by atoms with E-state index in [4.69, 9.17) is 25.7 Å². The second-order valence-electron chi connectivity index (χ2n) is 9.98. The average molecular weight is 525 g/mol. The molecule has 0 spiro atoms. The Morgan fingerprint density at radius 3 is 2.39 bits per heavy atom. The highest BCUT2D eigenvalue weighted by Crippen LogP contribution is 2.38. The van der Waals surface area contributed by atoms with E-state index in [2.05, 4.69) is 19.9 Å². The van der Waals surface area contributed by atoms with Gasteiger partial charge in [0.1, 0.15) is 11.2 Å². The van der Waals surface area contributed by atoms with Gasteiger partial charge in [-0.05, 0) is 62.9 Å². The highest BCUT2D eigenvalue weighted by molar-refractivity contribution is 5.88. The number of nitrogens with zero attached hydrogens (tertiary/aromatic N) is 3. The van der Waals surface area contributed by atoms with Crippen LogP contribution in [0.3, 0.4) is 0 Å². The molecule has 1 aromatic carbocycles. The van der Waals surface area contributed by atoms with Crippen LogP contribution in [0.1, 0.15) is 51.1 Å². The van der Waals surface area contributed by atoms with Crippen molar-refractivity contribution < 1.29 is 28.2 Å². The lowest BCUT2D eigenvalue weighted by molar-refractivity contribution is -0.243. The first kappa shape index (κ1) is 25.7. The summed E-state index contributed by atoms with van der Waals surface area (Å²) in [7, 11) is 0. The minimum Gasteiger partial charge on any atom is -0.448 e. The van der Waals surface area contributed by atoms with Crippen LogP contribution in [0.2, 0.25) is 0 Å². The number of carbonyl (C=O) groups excluding carboxylic acids is 2. The maximum Gasteiger partial charge on any atom is 0.317 e. The normalized spacial score (nSPS) is 23.1. The Morgan fingerprint density at radius 1 is 1.08 bits per heavy atom. The Morgan fingerprint density at radius 2 is 1.76 bits per heavy atom. The van der Waals surface area contributed by atoms with Crippen LogP contribution in [-0.4, -0.2) is 50.6 Å². The van der Waals surface area contributed by atoms with Gasteiger partial charge in [0.2, 0.25) is 12.2 Å². The zero-order chi connectivity index (χ0) is 26.9. The fraction of sp³-hybridized carbons (Fsp3) is 0.423. The summed E-state index contributed by atoms with van der Waals surface area (Å²) in [4.78, 5) is 41.4.